The molecule has 0 saturated heterocycles. The summed E-state index contributed by atoms with van der Waals surface area (Å²) in [6, 6.07) is 3.62. The number of rotatable bonds is 3. The second-order valence-corrected chi connectivity index (χ2v) is 5.72. The Kier molecular flexibility index (Phi) is 3.25. The number of pyridine rings is 1. The van der Waals surface area contributed by atoms with Crippen molar-refractivity contribution >= 4 is 0 Å². The summed E-state index contributed by atoms with van der Waals surface area (Å²) in [5, 5.41) is 10.3. The molecule has 0 spiro atoms. The van der Waals surface area contributed by atoms with Crippen LogP contribution in [0.2, 0.25) is 0 Å². The van der Waals surface area contributed by atoms with Crippen molar-refractivity contribution in [2.75, 3.05) is 0 Å². The maximum Gasteiger partial charge on any atom is 0.250 e. The first-order valence-corrected chi connectivity index (χ1v) is 7.15. The van der Waals surface area contributed by atoms with Gasteiger partial charge in [0.25, 0.3) is 5.56 Å². The molecule has 0 amide bonds. The lowest BCUT2D eigenvalue weighted by atomic mass is 10.0. The normalized spacial score (nSPS) is 21.2. The number of fused-ring (bicyclic) bond motifs is 1. The molecule has 1 fully saturated rings. The Hall–Kier alpha value is -1.09. The highest BCUT2D eigenvalue weighted by Crippen LogP contribution is 2.29. The van der Waals surface area contributed by atoms with Crippen LogP contribution in [0.1, 0.15) is 43.4 Å². The third-order valence-electron chi connectivity index (χ3n) is 4.56. The molecular weight excluding hydrogens is 226 g/mol. The molecule has 1 N–H and O–H groups in total. The molecule has 0 radical (unpaired) electrons. The van der Waals surface area contributed by atoms with E-state index in [1.54, 1.807) is 6.07 Å². The van der Waals surface area contributed by atoms with Crippen LogP contribution in [-0.2, 0) is 19.4 Å². The third-order valence-corrected chi connectivity index (χ3v) is 4.56. The average molecular weight is 247 g/mol. The van der Waals surface area contributed by atoms with Crippen LogP contribution in [0.25, 0.3) is 0 Å². The van der Waals surface area contributed by atoms with Crippen molar-refractivity contribution in [3.63, 3.8) is 0 Å². The minimum atomic E-state index is -0.350. The fraction of sp³-hybridized carbons (Fsp3) is 0.667. The lowest BCUT2D eigenvalue weighted by Crippen LogP contribution is -2.32. The highest BCUT2D eigenvalue weighted by atomic mass is 16.3. The molecule has 1 heterocycles. The van der Waals surface area contributed by atoms with Crippen LogP contribution in [0.3, 0.4) is 0 Å². The van der Waals surface area contributed by atoms with Gasteiger partial charge in [0.05, 0.1) is 12.6 Å². The molecule has 1 unspecified atom stereocenters. The summed E-state index contributed by atoms with van der Waals surface area (Å²) in [5.41, 5.74) is 2.51. The SMILES string of the molecule is O=c1ccc2c(n1CC(O)C1CCCC1)CCC2. The van der Waals surface area contributed by atoms with Gasteiger partial charge in [0, 0.05) is 11.8 Å². The molecule has 0 bridgehead atoms. The van der Waals surface area contributed by atoms with Crippen LogP contribution in [-0.4, -0.2) is 15.8 Å². The fourth-order valence-corrected chi connectivity index (χ4v) is 3.51. The van der Waals surface area contributed by atoms with Crippen LogP contribution in [0, 0.1) is 5.92 Å². The van der Waals surface area contributed by atoms with Gasteiger partial charge in [-0.05, 0) is 43.6 Å². The van der Waals surface area contributed by atoms with Crippen LogP contribution in [0.4, 0.5) is 0 Å². The van der Waals surface area contributed by atoms with Gasteiger partial charge < -0.3 is 9.67 Å². The smallest absolute Gasteiger partial charge is 0.250 e. The quantitative estimate of drug-likeness (QED) is 0.886. The van der Waals surface area contributed by atoms with Crippen molar-refractivity contribution in [3.05, 3.63) is 33.7 Å². The van der Waals surface area contributed by atoms with Crippen LogP contribution < -0.4 is 5.56 Å². The Morgan fingerprint density at radius 2 is 2.00 bits per heavy atom. The van der Waals surface area contributed by atoms with Gasteiger partial charge in [-0.2, -0.15) is 0 Å². The summed E-state index contributed by atoms with van der Waals surface area (Å²) in [5.74, 6) is 0.397. The summed E-state index contributed by atoms with van der Waals surface area (Å²) < 4.78 is 1.82. The van der Waals surface area contributed by atoms with Gasteiger partial charge in [-0.15, -0.1) is 0 Å². The number of nitrogens with zero attached hydrogens (tertiary/aromatic N) is 1. The van der Waals surface area contributed by atoms with Gasteiger partial charge >= 0.3 is 0 Å². The predicted molar refractivity (Wildman–Crippen MR) is 70.7 cm³/mol. The molecule has 1 atom stereocenters. The van der Waals surface area contributed by atoms with E-state index in [2.05, 4.69) is 0 Å². The number of aryl methyl sites for hydroxylation is 1. The molecule has 3 heteroatoms. The van der Waals surface area contributed by atoms with Crippen LogP contribution in [0.5, 0.6) is 0 Å². The minimum absolute atomic E-state index is 0.0488. The Bertz CT molecular complexity index is 486. The van der Waals surface area contributed by atoms with Crippen molar-refractivity contribution in [3.8, 4) is 0 Å². The molecular formula is C15H21NO2. The molecule has 0 aromatic carbocycles. The molecule has 2 aliphatic carbocycles. The fourth-order valence-electron chi connectivity index (χ4n) is 3.51. The van der Waals surface area contributed by atoms with Gasteiger partial charge in [0.1, 0.15) is 0 Å². The molecule has 3 rings (SSSR count). The zero-order valence-electron chi connectivity index (χ0n) is 10.8. The number of hydrogen-bond acceptors (Lipinski definition) is 2. The lowest BCUT2D eigenvalue weighted by molar-refractivity contribution is 0.0912. The second-order valence-electron chi connectivity index (χ2n) is 5.72. The Balaban J connectivity index is 1.84. The monoisotopic (exact) mass is 247 g/mol. The van der Waals surface area contributed by atoms with E-state index in [0.717, 1.165) is 32.1 Å². The summed E-state index contributed by atoms with van der Waals surface area (Å²) in [6.45, 7) is 0.493. The van der Waals surface area contributed by atoms with E-state index >= 15 is 0 Å². The third kappa shape index (κ3) is 2.12. The molecule has 1 aromatic heterocycles. The van der Waals surface area contributed by atoms with Gasteiger partial charge in [0.15, 0.2) is 0 Å². The van der Waals surface area contributed by atoms with Gasteiger partial charge in [0.2, 0.25) is 0 Å². The topological polar surface area (TPSA) is 42.2 Å². The average Bonchev–Trinajstić information content (AvgIpc) is 3.02. The maximum atomic E-state index is 12.0. The van der Waals surface area contributed by atoms with Crippen molar-refractivity contribution in [2.45, 2.75) is 57.6 Å². The largest absolute Gasteiger partial charge is 0.391 e. The highest BCUT2D eigenvalue weighted by molar-refractivity contribution is 5.25. The van der Waals surface area contributed by atoms with E-state index in [1.165, 1.54) is 24.1 Å². The van der Waals surface area contributed by atoms with E-state index in [-0.39, 0.29) is 11.7 Å². The van der Waals surface area contributed by atoms with E-state index in [1.807, 2.05) is 10.6 Å². The Labute approximate surface area is 107 Å². The van der Waals surface area contributed by atoms with Crippen molar-refractivity contribution in [1.82, 2.24) is 4.57 Å². The first-order valence-electron chi connectivity index (χ1n) is 7.15. The highest BCUT2D eigenvalue weighted by Gasteiger charge is 2.25. The summed E-state index contributed by atoms with van der Waals surface area (Å²) >= 11 is 0. The number of aliphatic hydroxyl groups excluding tert-OH is 1. The zero-order valence-corrected chi connectivity index (χ0v) is 10.8. The first kappa shape index (κ1) is 12.0. The maximum absolute atomic E-state index is 12.0. The van der Waals surface area contributed by atoms with E-state index in [9.17, 15) is 9.90 Å². The van der Waals surface area contributed by atoms with Crippen LogP contribution >= 0.6 is 0 Å². The standard InChI is InChI=1S/C15H21NO2/c17-14(12-4-1-2-5-12)10-16-13-7-3-6-11(13)8-9-15(16)18/h8-9,12,14,17H,1-7,10H2. The first-order chi connectivity index (χ1) is 8.75. The Morgan fingerprint density at radius 3 is 2.78 bits per heavy atom. The molecule has 2 aliphatic rings. The molecule has 3 nitrogen and oxygen atoms in total. The van der Waals surface area contributed by atoms with Crippen LogP contribution in [0.15, 0.2) is 16.9 Å². The van der Waals surface area contributed by atoms with Gasteiger partial charge in [-0.25, -0.2) is 0 Å². The lowest BCUT2D eigenvalue weighted by Gasteiger charge is -2.20. The summed E-state index contributed by atoms with van der Waals surface area (Å²) in [4.78, 5) is 12.0. The zero-order chi connectivity index (χ0) is 12.5. The van der Waals surface area contributed by atoms with E-state index in [4.69, 9.17) is 0 Å². The number of aliphatic hydroxyl groups is 1. The predicted octanol–water partition coefficient (Wildman–Crippen LogP) is 1.89. The Morgan fingerprint density at radius 1 is 1.22 bits per heavy atom. The molecule has 18 heavy (non-hydrogen) atoms. The van der Waals surface area contributed by atoms with E-state index < -0.39 is 0 Å². The molecule has 98 valence electrons. The van der Waals surface area contributed by atoms with E-state index in [0.29, 0.717) is 12.5 Å². The van der Waals surface area contributed by atoms with Gasteiger partial charge in [-0.1, -0.05) is 18.9 Å². The van der Waals surface area contributed by atoms with Crippen molar-refractivity contribution in [1.29, 1.82) is 0 Å². The number of hydrogen-bond donors (Lipinski definition) is 1. The number of aromatic nitrogens is 1. The van der Waals surface area contributed by atoms with Crippen molar-refractivity contribution < 1.29 is 5.11 Å². The minimum Gasteiger partial charge on any atom is -0.391 e. The van der Waals surface area contributed by atoms with Crippen molar-refractivity contribution in [2.24, 2.45) is 5.92 Å². The second kappa shape index (κ2) is 4.88. The molecule has 1 aromatic rings. The molecule has 0 aliphatic heterocycles. The molecule has 1 saturated carbocycles. The summed E-state index contributed by atoms with van der Waals surface area (Å²) in [7, 11) is 0. The van der Waals surface area contributed by atoms with Gasteiger partial charge in [-0.3, -0.25) is 4.79 Å². The summed E-state index contributed by atoms with van der Waals surface area (Å²) in [6.07, 6.45) is 7.54.